The molecule has 2 aromatic carbocycles. The SMILES string of the molecule is CC#N.CC#N.FC(F)(F)c1cccc(C(F)(F)F)c1-c1ccc(CN2CCCC2C2CCCN2Cc2ccc(-c3c(C(F)(F)F)cccc3C(F)(F)F)cn2)nc1.[F][Sb-]([F])([F])([F])([F])[F].[F][Sb-]([F])([F])([F])([F])[F].[Fe+2]. The molecule has 2 atom stereocenters. The normalized spacial score (nSPS) is 18.5. The van der Waals surface area contributed by atoms with Crippen LogP contribution in [0.3, 0.4) is 0 Å². The predicted octanol–water partition coefficient (Wildman–Crippen LogP) is 15.9. The quantitative estimate of drug-likeness (QED) is 0.135. The molecular weight excluding hydrogens is 1320 g/mol. The van der Waals surface area contributed by atoms with Crippen LogP contribution in [0.2, 0.25) is 0 Å². The Labute approximate surface area is 414 Å². The summed E-state index contributed by atoms with van der Waals surface area (Å²) in [4.78, 5) is 12.8. The van der Waals surface area contributed by atoms with E-state index in [9.17, 15) is 86.4 Å². The Hall–Kier alpha value is -3.88. The number of pyridine rings is 2. The van der Waals surface area contributed by atoms with Crippen LogP contribution in [0.15, 0.2) is 73.1 Å². The van der Waals surface area contributed by atoms with Gasteiger partial charge < -0.3 is 0 Å². The van der Waals surface area contributed by atoms with Gasteiger partial charge in [-0.05, 0) is 75.2 Å². The van der Waals surface area contributed by atoms with Gasteiger partial charge in [0.25, 0.3) is 0 Å². The van der Waals surface area contributed by atoms with E-state index in [4.69, 9.17) is 10.5 Å². The summed E-state index contributed by atoms with van der Waals surface area (Å²) in [6.07, 6.45) is -14.8. The number of nitrogens with zero attached hydrogens (tertiary/aromatic N) is 6. The van der Waals surface area contributed by atoms with E-state index in [1.165, 1.54) is 38.1 Å². The van der Waals surface area contributed by atoms with E-state index < -0.39 is 97.0 Å². The minimum Gasteiger partial charge on any atom is 2.00 e. The number of halogens is 24. The van der Waals surface area contributed by atoms with Gasteiger partial charge in [0.1, 0.15) is 0 Å². The molecule has 73 heavy (non-hydrogen) atoms. The summed E-state index contributed by atoms with van der Waals surface area (Å²) >= 11 is -22.5. The third kappa shape index (κ3) is 25.5. The maximum Gasteiger partial charge on any atom is 2.00 e. The van der Waals surface area contributed by atoms with E-state index in [1.807, 2.05) is 0 Å². The summed E-state index contributed by atoms with van der Waals surface area (Å²) in [6.45, 7) is 4.77. The van der Waals surface area contributed by atoms with Crippen LogP contribution in [0, 0.1) is 22.7 Å². The fourth-order valence-electron chi connectivity index (χ4n) is 7.39. The van der Waals surface area contributed by atoms with Crippen molar-refractivity contribution in [2.24, 2.45) is 0 Å². The zero-order valence-corrected chi connectivity index (χ0v) is 43.0. The molecule has 2 fully saturated rings. The number of nitriles is 2. The molecule has 0 N–H and O–H groups in total. The molecule has 4 aromatic rings. The Balaban J connectivity index is 0.00000108. The molecule has 0 spiro atoms. The van der Waals surface area contributed by atoms with Gasteiger partial charge in [0.2, 0.25) is 0 Å². The first kappa shape index (κ1) is 67.1. The van der Waals surface area contributed by atoms with Crippen LogP contribution in [-0.4, -0.2) is 83.9 Å². The number of benzene rings is 2. The topological polar surface area (TPSA) is 79.8 Å². The van der Waals surface area contributed by atoms with Gasteiger partial charge in [-0.2, -0.15) is 63.2 Å². The van der Waals surface area contributed by atoms with Crippen LogP contribution < -0.4 is 0 Å². The molecule has 0 aliphatic carbocycles. The molecule has 2 unspecified atom stereocenters. The van der Waals surface area contributed by atoms with E-state index in [0.717, 1.165) is 38.1 Å². The first-order valence-electron chi connectivity index (χ1n) is 19.7. The number of alkyl halides is 12. The number of aromatic nitrogens is 2. The fourth-order valence-corrected chi connectivity index (χ4v) is 7.39. The molecule has 2 saturated heterocycles. The van der Waals surface area contributed by atoms with Crippen molar-refractivity contribution in [2.75, 3.05) is 13.1 Å². The minimum absolute atomic E-state index is 0. The van der Waals surface area contributed by atoms with Crippen LogP contribution in [0.1, 0.15) is 73.2 Å². The van der Waals surface area contributed by atoms with Gasteiger partial charge in [-0.3, -0.25) is 19.8 Å². The molecular formula is C40H36F24FeN6Sb2. The first-order chi connectivity index (χ1) is 32.0. The van der Waals surface area contributed by atoms with Crippen molar-refractivity contribution in [3.05, 3.63) is 107 Å². The van der Waals surface area contributed by atoms with Gasteiger partial charge in [-0.25, -0.2) is 0 Å². The average molecular weight is 1360 g/mol. The van der Waals surface area contributed by atoms with Crippen LogP contribution in [-0.2, 0) is 54.9 Å². The Morgan fingerprint density at radius 2 is 0.712 bits per heavy atom. The third-order valence-corrected chi connectivity index (χ3v) is 9.58. The van der Waals surface area contributed by atoms with Crippen molar-refractivity contribution in [1.82, 2.24) is 19.8 Å². The van der Waals surface area contributed by atoms with Gasteiger partial charge >= 0.3 is 114 Å². The van der Waals surface area contributed by atoms with E-state index >= 15 is 0 Å². The fraction of sp³-hybridized carbons (Fsp3) is 0.400. The second-order valence-corrected chi connectivity index (χ2v) is 26.2. The van der Waals surface area contributed by atoms with Crippen LogP contribution in [0.4, 0.5) is 86.4 Å². The Kier molecular flexibility index (Phi) is 20.9. The van der Waals surface area contributed by atoms with E-state index in [1.54, 1.807) is 12.1 Å². The van der Waals surface area contributed by atoms with Gasteiger partial charge in [-0.15, -0.1) is 0 Å². The van der Waals surface area contributed by atoms with Gasteiger partial charge in [0, 0.05) is 73.7 Å². The maximum atomic E-state index is 13.7. The predicted molar refractivity (Wildman–Crippen MR) is 214 cm³/mol. The van der Waals surface area contributed by atoms with Crippen molar-refractivity contribution < 1.29 is 104 Å². The molecule has 0 amide bonds. The Bertz CT molecular complexity index is 2270. The molecule has 4 heterocycles. The second-order valence-electron chi connectivity index (χ2n) is 15.2. The minimum atomic E-state index is -11.2. The maximum absolute atomic E-state index is 13.7. The monoisotopic (exact) mass is 1350 g/mol. The number of likely N-dealkylation sites (tertiary alicyclic amines) is 2. The van der Waals surface area contributed by atoms with Gasteiger partial charge in [0.15, 0.2) is 0 Å². The van der Waals surface area contributed by atoms with Crippen LogP contribution in [0.25, 0.3) is 22.3 Å². The summed E-state index contributed by atoms with van der Waals surface area (Å²) < 4.78 is 284. The Morgan fingerprint density at radius 1 is 0.479 bits per heavy atom. The standard InChI is InChI=1S/C36H30F12N4.2C2H3N.12FH.Fe.2Sb/c37-33(38,39)25-5-1-6-26(34(40,41)42)31(25)21-11-13-23(49-17-21)19-51-15-3-9-29(51)30-10-4-16-52(30)20-24-14-12-22(18-50-24)32-27(35(43,44)45)7-2-8-28(32)36(46,47)48;2*1-2-3;;;;;;;;;;;;;;;/h1-2,5-8,11-14,17-18,29-30H,3-4,9-10,15-16,19-20H2;2*1H3;12*1H;;;/q;;;;;;;;;;;;;;;+2;2*+5/p-12. The van der Waals surface area contributed by atoms with E-state index in [0.29, 0.717) is 60.9 Å². The largest absolute Gasteiger partial charge is 2.00 e. The van der Waals surface area contributed by atoms with Crippen molar-refractivity contribution in [1.29, 1.82) is 10.5 Å². The van der Waals surface area contributed by atoms with Crippen molar-refractivity contribution >= 4 is 39.0 Å². The smallest absolute Gasteiger partial charge is 2.00 e. The van der Waals surface area contributed by atoms with Crippen molar-refractivity contribution in [2.45, 2.75) is 89.4 Å². The summed E-state index contributed by atoms with van der Waals surface area (Å²) in [6, 6.07) is 12.6. The molecule has 412 valence electrons. The Morgan fingerprint density at radius 3 is 0.904 bits per heavy atom. The second kappa shape index (κ2) is 22.8. The van der Waals surface area contributed by atoms with Crippen molar-refractivity contribution in [3.8, 4) is 34.4 Å². The molecule has 2 aromatic heterocycles. The van der Waals surface area contributed by atoms with Crippen molar-refractivity contribution in [3.63, 3.8) is 0 Å². The molecule has 2 aliphatic heterocycles. The average Bonchev–Trinajstić information content (AvgIpc) is 3.84. The number of hydrogen-bond donors (Lipinski definition) is 0. The number of hydrogen-bond acceptors (Lipinski definition) is 6. The zero-order chi connectivity index (χ0) is 55.9. The first-order valence-corrected chi connectivity index (χ1v) is 31.3. The van der Waals surface area contributed by atoms with Gasteiger partial charge in [-0.1, -0.05) is 24.3 Å². The molecule has 0 bridgehead atoms. The third-order valence-electron chi connectivity index (χ3n) is 9.58. The van der Waals surface area contributed by atoms with Crippen LogP contribution >= 0.6 is 0 Å². The molecule has 0 radical (unpaired) electrons. The van der Waals surface area contributed by atoms with Crippen LogP contribution in [0.5, 0.6) is 0 Å². The molecule has 6 rings (SSSR count). The molecule has 33 heteroatoms. The summed E-state index contributed by atoms with van der Waals surface area (Å²) in [5.41, 5.74) is -7.39. The zero-order valence-electron chi connectivity index (χ0n) is 36.7. The van der Waals surface area contributed by atoms with E-state index in [-0.39, 0.29) is 53.4 Å². The summed E-state index contributed by atoms with van der Waals surface area (Å²) in [5.74, 6) is 0. The molecule has 0 saturated carbocycles. The summed E-state index contributed by atoms with van der Waals surface area (Å²) in [7, 11) is 0. The number of rotatable bonds is 7. The van der Waals surface area contributed by atoms with Gasteiger partial charge in [0.05, 0.1) is 45.8 Å². The molecule has 2 aliphatic rings. The summed E-state index contributed by atoms with van der Waals surface area (Å²) in [5, 5.41) is 14.6. The molecule has 6 nitrogen and oxygen atoms in total. The van der Waals surface area contributed by atoms with E-state index in [2.05, 4.69) is 19.8 Å².